The molecular formula is C53H92N2NiO12. The summed E-state index contributed by atoms with van der Waals surface area (Å²) < 4.78 is 16.6. The van der Waals surface area contributed by atoms with Gasteiger partial charge in [-0.1, -0.05) is 147 Å². The average Bonchev–Trinajstić information content (AvgIpc) is 3.30. The maximum atomic E-state index is 13.3. The molecule has 0 aromatic rings. The number of hydrogen-bond donors (Lipinski definition) is 3. The first-order valence-corrected chi connectivity index (χ1v) is 25.9. The summed E-state index contributed by atoms with van der Waals surface area (Å²) in [5, 5.41) is 18.8. The van der Waals surface area contributed by atoms with Crippen LogP contribution < -0.4 is 5.73 Å². The van der Waals surface area contributed by atoms with E-state index in [9.17, 15) is 43.8 Å². The molecule has 0 aliphatic heterocycles. The Hall–Kier alpha value is -3.42. The largest absolute Gasteiger partial charge is 2.00 e. The molecule has 0 aliphatic carbocycles. The van der Waals surface area contributed by atoms with Crippen LogP contribution in [0.15, 0.2) is 24.3 Å². The molecule has 0 aliphatic rings. The summed E-state index contributed by atoms with van der Waals surface area (Å²) in [6, 6.07) is -1.17. The molecular weight excluding hydrogens is 915 g/mol. The van der Waals surface area contributed by atoms with E-state index in [0.29, 0.717) is 32.2 Å². The van der Waals surface area contributed by atoms with Crippen LogP contribution >= 0.6 is 0 Å². The summed E-state index contributed by atoms with van der Waals surface area (Å²) >= 11 is 0. The van der Waals surface area contributed by atoms with Gasteiger partial charge in [-0.15, -0.1) is 0 Å². The van der Waals surface area contributed by atoms with Gasteiger partial charge >= 0.3 is 46.3 Å². The van der Waals surface area contributed by atoms with E-state index in [0.717, 1.165) is 81.9 Å². The molecule has 0 amide bonds. The van der Waals surface area contributed by atoms with Crippen LogP contribution in [0, 0.1) is 0 Å². The zero-order valence-electron chi connectivity index (χ0n) is 42.2. The minimum atomic E-state index is -1.29. The van der Waals surface area contributed by atoms with Gasteiger partial charge in [0.15, 0.2) is 6.10 Å². The maximum Gasteiger partial charge on any atom is 2.00 e. The van der Waals surface area contributed by atoms with Crippen molar-refractivity contribution in [2.75, 3.05) is 32.8 Å². The number of carbonyl (C=O) groups is 5. The van der Waals surface area contributed by atoms with Gasteiger partial charge in [0.05, 0.1) is 13.1 Å². The van der Waals surface area contributed by atoms with Crippen molar-refractivity contribution in [3.8, 4) is 0 Å². The van der Waals surface area contributed by atoms with Crippen molar-refractivity contribution in [1.82, 2.24) is 4.90 Å². The predicted molar refractivity (Wildman–Crippen MR) is 265 cm³/mol. The Labute approximate surface area is 421 Å². The molecule has 0 saturated heterocycles. The molecule has 0 spiro atoms. The minimum Gasteiger partial charge on any atom is -0.542 e. The van der Waals surface area contributed by atoms with E-state index < -0.39 is 61.7 Å². The van der Waals surface area contributed by atoms with Crippen LogP contribution in [0.4, 0.5) is 0 Å². The van der Waals surface area contributed by atoms with E-state index in [1.54, 1.807) is 12.6 Å². The summed E-state index contributed by atoms with van der Waals surface area (Å²) in [6.45, 7) is 2.72. The van der Waals surface area contributed by atoms with Gasteiger partial charge in [-0.2, -0.15) is 12.8 Å². The van der Waals surface area contributed by atoms with Crippen LogP contribution in [0.2, 0.25) is 0 Å². The molecule has 0 aromatic heterocycles. The van der Waals surface area contributed by atoms with Gasteiger partial charge in [-0.05, 0) is 83.6 Å². The number of nitrogens with two attached hydrogens (primary N) is 1. The Morgan fingerprint density at radius 1 is 0.529 bits per heavy atom. The first-order valence-electron chi connectivity index (χ1n) is 25.9. The van der Waals surface area contributed by atoms with Gasteiger partial charge in [0.25, 0.3) is 0 Å². The normalized spacial score (nSPS) is 11.9. The number of unbranched alkanes of at least 4 members (excludes halogenated alkanes) is 24. The summed E-state index contributed by atoms with van der Waals surface area (Å²) in [6.07, 6.45) is 42.7. The number of esters is 3. The average molecular weight is 1010 g/mol. The van der Waals surface area contributed by atoms with E-state index in [4.69, 9.17) is 19.9 Å². The predicted octanol–water partition coefficient (Wildman–Crippen LogP) is 11.0. The number of hydrogen-bond acceptors (Lipinski definition) is 12. The number of carboxylic acid groups (broad SMARTS) is 2. The van der Waals surface area contributed by atoms with Gasteiger partial charge in [-0.25, -0.2) is 0 Å². The van der Waals surface area contributed by atoms with Crippen LogP contribution in [-0.2, 0) is 64.3 Å². The summed E-state index contributed by atoms with van der Waals surface area (Å²) in [4.78, 5) is 81.5. The van der Waals surface area contributed by atoms with Crippen LogP contribution in [0.5, 0.6) is 0 Å². The number of ether oxygens (including phenoxy) is 3. The molecule has 0 heterocycles. The molecule has 0 bridgehead atoms. The Balaban J connectivity index is -0.00000562. The second-order valence-corrected chi connectivity index (χ2v) is 17.4. The molecule has 15 heteroatoms. The van der Waals surface area contributed by atoms with E-state index >= 15 is 0 Å². The first-order chi connectivity index (χ1) is 32.6. The number of rotatable bonds is 48. The van der Waals surface area contributed by atoms with Crippen LogP contribution in [-0.4, -0.2) is 103 Å². The van der Waals surface area contributed by atoms with Crippen molar-refractivity contribution >= 4 is 42.4 Å². The third-order valence-corrected chi connectivity index (χ3v) is 11.1. The Bertz CT molecular complexity index is 1270. The number of carboxylic acids is 2. The quantitative estimate of drug-likeness (QED) is 0.0129. The SMILES string of the molecule is CCCCCCCC/C=C\CCCCCCCC(=O)OC[C@H](COC(=O)C(CCCCN)N(CC(=O)O)CC(=O)O)OC(=O)CCCCCCC/C=C\CCCCCCCC.O=[C-]CC[C-]=O.[Ni+2]. The van der Waals surface area contributed by atoms with Crippen molar-refractivity contribution in [2.45, 2.75) is 238 Å². The van der Waals surface area contributed by atoms with Crippen molar-refractivity contribution in [1.29, 1.82) is 0 Å². The molecule has 68 heavy (non-hydrogen) atoms. The zero-order valence-corrected chi connectivity index (χ0v) is 43.1. The molecule has 4 N–H and O–H groups in total. The van der Waals surface area contributed by atoms with Crippen molar-refractivity contribution in [3.63, 3.8) is 0 Å². The van der Waals surface area contributed by atoms with Gasteiger partial charge in [-0.3, -0.25) is 41.4 Å². The van der Waals surface area contributed by atoms with E-state index in [1.807, 2.05) is 0 Å². The molecule has 396 valence electrons. The molecule has 1 unspecified atom stereocenters. The molecule has 0 fully saturated rings. The van der Waals surface area contributed by atoms with E-state index in [1.165, 1.54) is 77.0 Å². The van der Waals surface area contributed by atoms with Gasteiger partial charge in [0.1, 0.15) is 19.3 Å². The van der Waals surface area contributed by atoms with Crippen molar-refractivity contribution in [3.05, 3.63) is 24.3 Å². The summed E-state index contributed by atoms with van der Waals surface area (Å²) in [5.41, 5.74) is 5.61. The molecule has 14 nitrogen and oxygen atoms in total. The zero-order chi connectivity index (χ0) is 49.9. The molecule has 0 saturated carbocycles. The Kier molecular flexibility index (Phi) is 55.2. The van der Waals surface area contributed by atoms with Crippen LogP contribution in [0.1, 0.15) is 226 Å². The van der Waals surface area contributed by atoms with Gasteiger partial charge < -0.3 is 39.7 Å². The van der Waals surface area contributed by atoms with Crippen molar-refractivity contribution in [2.24, 2.45) is 5.73 Å². The fourth-order valence-electron chi connectivity index (χ4n) is 7.23. The van der Waals surface area contributed by atoms with Crippen LogP contribution in [0.25, 0.3) is 0 Å². The fraction of sp³-hybridized carbons (Fsp3) is 0.792. The smallest absolute Gasteiger partial charge is 0.542 e. The van der Waals surface area contributed by atoms with E-state index in [-0.39, 0.29) is 55.2 Å². The first kappa shape index (κ1) is 68.8. The van der Waals surface area contributed by atoms with Gasteiger partial charge in [0.2, 0.25) is 0 Å². The van der Waals surface area contributed by atoms with E-state index in [2.05, 4.69) is 38.2 Å². The minimum absolute atomic E-state index is 0. The third-order valence-electron chi connectivity index (χ3n) is 11.1. The Morgan fingerprint density at radius 2 is 0.912 bits per heavy atom. The Morgan fingerprint density at radius 3 is 1.31 bits per heavy atom. The third kappa shape index (κ3) is 50.5. The molecule has 0 aromatic carbocycles. The van der Waals surface area contributed by atoms with Crippen LogP contribution in [0.3, 0.4) is 0 Å². The second-order valence-electron chi connectivity index (χ2n) is 17.4. The molecule has 0 rings (SSSR count). The molecule has 2 atom stereocenters. The number of aliphatic carboxylic acids is 2. The summed E-state index contributed by atoms with van der Waals surface area (Å²) in [5.74, 6) is -4.37. The standard InChI is InChI=1S/C49H88N2O10.C4H4O2.Ni/c1-3-5-7-9-11-13-15-17-19-21-23-25-27-29-31-36-47(56)59-41-43(42-60-49(58)44(35-33-34-38-50)51(39-45(52)53)40-46(54)55)61-48(57)37-32-30-28-26-24-22-20-18-16-14-12-10-8-6-4-2;5-3-1-2-4-6;/h17-20,43-44H,3-16,21-42,50H2,1-2H3,(H,52,53)(H,54,55);1-2H2;/q;-2;+2/b19-17-,20-18-;;/t43-,44?;;/m1../s1. The number of carbonyl (C=O) groups excluding carboxylic acids is 5. The number of allylic oxidation sites excluding steroid dienone is 4. The van der Waals surface area contributed by atoms with Gasteiger partial charge in [0, 0.05) is 12.8 Å². The second kappa shape index (κ2) is 54.5. The fourth-order valence-corrected chi connectivity index (χ4v) is 7.23. The monoisotopic (exact) mass is 1010 g/mol. The number of nitrogens with zero attached hydrogens (tertiary/aromatic N) is 1. The molecule has 0 radical (unpaired) electrons. The maximum absolute atomic E-state index is 13.3. The van der Waals surface area contributed by atoms with Crippen molar-refractivity contribution < 1.29 is 74.5 Å². The summed E-state index contributed by atoms with van der Waals surface area (Å²) in [7, 11) is 0. The topological polar surface area (TPSA) is 217 Å².